The Morgan fingerprint density at radius 2 is 1.90 bits per heavy atom. The maximum absolute atomic E-state index is 13.0. The first-order valence-corrected chi connectivity index (χ1v) is 5.42. The van der Waals surface area contributed by atoms with E-state index in [0.29, 0.717) is 12.1 Å². The van der Waals surface area contributed by atoms with E-state index in [1.54, 1.807) is 0 Å². The predicted octanol–water partition coefficient (Wildman–Crippen LogP) is 2.14. The molecule has 0 spiro atoms. The number of rotatable bonds is 3. The minimum Gasteiger partial charge on any atom is -0.467 e. The number of alkyl halides is 3. The van der Waals surface area contributed by atoms with Crippen LogP contribution in [0, 0.1) is 5.82 Å². The Labute approximate surface area is 111 Å². The summed E-state index contributed by atoms with van der Waals surface area (Å²) in [5, 5.41) is 2.14. The Morgan fingerprint density at radius 3 is 2.40 bits per heavy atom. The molecule has 0 aliphatic heterocycles. The van der Waals surface area contributed by atoms with E-state index in [1.807, 2.05) is 0 Å². The molecule has 0 fully saturated rings. The van der Waals surface area contributed by atoms with Crippen LogP contribution in [0.1, 0.15) is 22.8 Å². The Hall–Kier alpha value is -2.12. The molecule has 0 aliphatic rings. The van der Waals surface area contributed by atoms with Crippen molar-refractivity contribution in [3.8, 4) is 0 Å². The van der Waals surface area contributed by atoms with E-state index in [0.717, 1.165) is 13.2 Å². The molecule has 0 aliphatic carbocycles. The second-order valence-electron chi connectivity index (χ2n) is 3.91. The van der Waals surface area contributed by atoms with Crippen molar-refractivity contribution in [1.82, 2.24) is 5.32 Å². The number of esters is 1. The Bertz CT molecular complexity index is 528. The molecule has 1 aromatic carbocycles. The highest BCUT2D eigenvalue weighted by Gasteiger charge is 2.34. The molecule has 1 rings (SSSR count). The van der Waals surface area contributed by atoms with E-state index < -0.39 is 41.0 Å². The van der Waals surface area contributed by atoms with Crippen LogP contribution in [0.3, 0.4) is 0 Å². The van der Waals surface area contributed by atoms with Crippen molar-refractivity contribution in [2.24, 2.45) is 0 Å². The van der Waals surface area contributed by atoms with Gasteiger partial charge in [-0.05, 0) is 25.1 Å². The summed E-state index contributed by atoms with van der Waals surface area (Å²) in [7, 11) is 1.10. The second kappa shape index (κ2) is 5.89. The average Bonchev–Trinajstić information content (AvgIpc) is 2.36. The number of amides is 1. The lowest BCUT2D eigenvalue weighted by molar-refractivity contribution is -0.142. The number of halogens is 4. The molecule has 0 saturated carbocycles. The summed E-state index contributed by atoms with van der Waals surface area (Å²) < 4.78 is 54.9. The van der Waals surface area contributed by atoms with E-state index in [4.69, 9.17) is 0 Å². The molecular formula is C12H11F4NO3. The highest BCUT2D eigenvalue weighted by atomic mass is 19.4. The lowest BCUT2D eigenvalue weighted by atomic mass is 10.1. The van der Waals surface area contributed by atoms with Crippen LogP contribution in [-0.4, -0.2) is 25.0 Å². The van der Waals surface area contributed by atoms with Crippen LogP contribution in [0.2, 0.25) is 0 Å². The van der Waals surface area contributed by atoms with Crippen molar-refractivity contribution in [2.75, 3.05) is 7.11 Å². The SMILES string of the molecule is COC(=O)C(C)NC(=O)c1ccc(F)c(C(F)(F)F)c1. The number of hydrogen-bond acceptors (Lipinski definition) is 3. The van der Waals surface area contributed by atoms with Crippen molar-refractivity contribution in [2.45, 2.75) is 19.1 Å². The Morgan fingerprint density at radius 1 is 1.30 bits per heavy atom. The fraction of sp³-hybridized carbons (Fsp3) is 0.333. The van der Waals surface area contributed by atoms with Gasteiger partial charge >= 0.3 is 12.1 Å². The molecule has 0 saturated heterocycles. The van der Waals surface area contributed by atoms with Crippen LogP contribution in [0.4, 0.5) is 17.6 Å². The fourth-order valence-electron chi connectivity index (χ4n) is 1.40. The zero-order valence-corrected chi connectivity index (χ0v) is 10.5. The first-order chi connectivity index (χ1) is 9.16. The summed E-state index contributed by atoms with van der Waals surface area (Å²) in [4.78, 5) is 22.7. The summed E-state index contributed by atoms with van der Waals surface area (Å²) in [6, 6.07) is 0.783. The molecule has 1 unspecified atom stereocenters. The van der Waals surface area contributed by atoms with Crippen molar-refractivity contribution in [1.29, 1.82) is 0 Å². The van der Waals surface area contributed by atoms with Crippen LogP contribution in [0.25, 0.3) is 0 Å². The maximum atomic E-state index is 13.0. The lowest BCUT2D eigenvalue weighted by Crippen LogP contribution is -2.39. The highest BCUT2D eigenvalue weighted by molar-refractivity contribution is 5.96. The van der Waals surface area contributed by atoms with Gasteiger partial charge in [0.1, 0.15) is 11.9 Å². The summed E-state index contributed by atoms with van der Waals surface area (Å²) in [6.07, 6.45) is -4.91. The maximum Gasteiger partial charge on any atom is 0.419 e. The number of benzene rings is 1. The molecule has 0 radical (unpaired) electrons. The molecule has 1 atom stereocenters. The number of carbonyl (C=O) groups is 2. The highest BCUT2D eigenvalue weighted by Crippen LogP contribution is 2.31. The first kappa shape index (κ1) is 15.9. The van der Waals surface area contributed by atoms with Gasteiger partial charge in [-0.3, -0.25) is 4.79 Å². The van der Waals surface area contributed by atoms with E-state index in [2.05, 4.69) is 10.1 Å². The average molecular weight is 293 g/mol. The first-order valence-electron chi connectivity index (χ1n) is 5.42. The van der Waals surface area contributed by atoms with Crippen molar-refractivity contribution in [3.63, 3.8) is 0 Å². The summed E-state index contributed by atoms with van der Waals surface area (Å²) in [6.45, 7) is 1.30. The van der Waals surface area contributed by atoms with Crippen LogP contribution in [0.15, 0.2) is 18.2 Å². The lowest BCUT2D eigenvalue weighted by Gasteiger charge is -2.13. The zero-order chi connectivity index (χ0) is 15.5. The molecule has 0 bridgehead atoms. The second-order valence-corrected chi connectivity index (χ2v) is 3.91. The molecule has 1 amide bonds. The molecule has 1 N–H and O–H groups in total. The fourth-order valence-corrected chi connectivity index (χ4v) is 1.40. The molecule has 20 heavy (non-hydrogen) atoms. The molecule has 0 aromatic heterocycles. The van der Waals surface area contributed by atoms with Gasteiger partial charge in [-0.25, -0.2) is 9.18 Å². The van der Waals surface area contributed by atoms with Gasteiger partial charge in [0, 0.05) is 5.56 Å². The van der Waals surface area contributed by atoms with Gasteiger partial charge in [0.2, 0.25) is 0 Å². The van der Waals surface area contributed by atoms with E-state index in [9.17, 15) is 27.2 Å². The third-order valence-electron chi connectivity index (χ3n) is 2.44. The van der Waals surface area contributed by atoms with Gasteiger partial charge in [-0.2, -0.15) is 13.2 Å². The molecular weight excluding hydrogens is 282 g/mol. The monoisotopic (exact) mass is 293 g/mol. The van der Waals surface area contributed by atoms with Crippen LogP contribution >= 0.6 is 0 Å². The van der Waals surface area contributed by atoms with Crippen molar-refractivity contribution >= 4 is 11.9 Å². The zero-order valence-electron chi connectivity index (χ0n) is 10.5. The minimum atomic E-state index is -4.91. The largest absolute Gasteiger partial charge is 0.467 e. The number of hydrogen-bond donors (Lipinski definition) is 1. The van der Waals surface area contributed by atoms with Gasteiger partial charge in [0.15, 0.2) is 0 Å². The van der Waals surface area contributed by atoms with Crippen molar-refractivity contribution < 1.29 is 31.9 Å². The molecule has 4 nitrogen and oxygen atoms in total. The smallest absolute Gasteiger partial charge is 0.419 e. The van der Waals surface area contributed by atoms with Gasteiger partial charge in [0.05, 0.1) is 12.7 Å². The van der Waals surface area contributed by atoms with Crippen LogP contribution < -0.4 is 5.32 Å². The van der Waals surface area contributed by atoms with E-state index >= 15 is 0 Å². The van der Waals surface area contributed by atoms with Crippen LogP contribution in [0.5, 0.6) is 0 Å². The molecule has 8 heteroatoms. The Kier molecular flexibility index (Phi) is 4.69. The van der Waals surface area contributed by atoms with Crippen LogP contribution in [-0.2, 0) is 15.7 Å². The molecule has 110 valence electrons. The third kappa shape index (κ3) is 3.69. The Balaban J connectivity index is 2.98. The topological polar surface area (TPSA) is 55.4 Å². The van der Waals surface area contributed by atoms with Gasteiger partial charge in [-0.15, -0.1) is 0 Å². The molecule has 1 aromatic rings. The van der Waals surface area contributed by atoms with E-state index in [1.165, 1.54) is 6.92 Å². The predicted molar refractivity (Wildman–Crippen MR) is 60.3 cm³/mol. The standard InChI is InChI=1S/C12H11F4NO3/c1-6(11(19)20-2)17-10(18)7-3-4-9(13)8(5-7)12(14,15)16/h3-6H,1-2H3,(H,17,18). The summed E-state index contributed by atoms with van der Waals surface area (Å²) >= 11 is 0. The third-order valence-corrected chi connectivity index (χ3v) is 2.44. The van der Waals surface area contributed by atoms with Gasteiger partial charge in [-0.1, -0.05) is 0 Å². The summed E-state index contributed by atoms with van der Waals surface area (Å²) in [5.41, 5.74) is -1.95. The van der Waals surface area contributed by atoms with Gasteiger partial charge in [0.25, 0.3) is 5.91 Å². The van der Waals surface area contributed by atoms with Crippen molar-refractivity contribution in [3.05, 3.63) is 35.1 Å². The van der Waals surface area contributed by atoms with E-state index in [-0.39, 0.29) is 0 Å². The minimum absolute atomic E-state index is 0.384. The van der Waals surface area contributed by atoms with Gasteiger partial charge < -0.3 is 10.1 Å². The number of carbonyl (C=O) groups excluding carboxylic acids is 2. The number of ether oxygens (including phenoxy) is 1. The summed E-state index contributed by atoms with van der Waals surface area (Å²) in [5.74, 6) is -3.17. The normalized spacial score (nSPS) is 12.7. The number of nitrogens with one attached hydrogen (secondary N) is 1. The number of methoxy groups -OCH3 is 1. The quantitative estimate of drug-likeness (QED) is 0.686. The molecule has 0 heterocycles.